The summed E-state index contributed by atoms with van der Waals surface area (Å²) in [5.41, 5.74) is 0.184. The molecule has 0 fully saturated rings. The molecule has 12 heavy (non-hydrogen) atoms. The lowest BCUT2D eigenvalue weighted by Crippen LogP contribution is -2.17. The molecule has 0 amide bonds. The van der Waals surface area contributed by atoms with Crippen molar-refractivity contribution in [2.24, 2.45) is 5.16 Å². The molecule has 0 aromatic heterocycles. The summed E-state index contributed by atoms with van der Waals surface area (Å²) in [7, 11) is 0. The van der Waals surface area contributed by atoms with Crippen LogP contribution in [-0.4, -0.2) is 24.4 Å². The van der Waals surface area contributed by atoms with E-state index >= 15 is 0 Å². The number of carbonyl (C=O) groups is 1. The molecule has 5 nitrogen and oxygen atoms in total. The molecule has 64 valence electrons. The molecular formula is C7H8N2O3. The smallest absolute Gasteiger partial charge is 0.356 e. The number of oxime groups is 1. The Balaban J connectivity index is 2.47. The average molecular weight is 168 g/mol. The summed E-state index contributed by atoms with van der Waals surface area (Å²) < 4.78 is 4.66. The van der Waals surface area contributed by atoms with Gasteiger partial charge in [0.25, 0.3) is 0 Å². The van der Waals surface area contributed by atoms with E-state index in [0.29, 0.717) is 6.61 Å². The van der Waals surface area contributed by atoms with Crippen molar-refractivity contribution in [3.63, 3.8) is 0 Å². The zero-order valence-corrected chi connectivity index (χ0v) is 6.61. The average Bonchev–Trinajstić information content (AvgIpc) is 2.52. The highest BCUT2D eigenvalue weighted by atomic mass is 16.6. The van der Waals surface area contributed by atoms with Gasteiger partial charge < -0.3 is 9.57 Å². The van der Waals surface area contributed by atoms with E-state index in [1.165, 1.54) is 0 Å². The Morgan fingerprint density at radius 3 is 3.25 bits per heavy atom. The summed E-state index contributed by atoms with van der Waals surface area (Å²) in [6.45, 7) is 2.01. The van der Waals surface area contributed by atoms with Gasteiger partial charge in [0.2, 0.25) is 6.10 Å². The van der Waals surface area contributed by atoms with Gasteiger partial charge in [-0.25, -0.2) is 4.79 Å². The van der Waals surface area contributed by atoms with Crippen LogP contribution in [0.5, 0.6) is 0 Å². The second-order valence-electron chi connectivity index (χ2n) is 2.19. The first-order valence-electron chi connectivity index (χ1n) is 3.57. The fourth-order valence-corrected chi connectivity index (χ4v) is 0.782. The molecule has 1 heterocycles. The van der Waals surface area contributed by atoms with E-state index in [0.717, 1.165) is 0 Å². The lowest BCUT2D eigenvalue weighted by Gasteiger charge is -1.97. The van der Waals surface area contributed by atoms with Gasteiger partial charge in [-0.15, -0.1) is 0 Å². The standard InChI is InChI=1S/C7H8N2O3/c1-2-11-7(10)6-3-5(4-8)12-9-6/h5H,2-3H2,1H3. The minimum absolute atomic E-state index is 0.184. The molecule has 0 spiro atoms. The third-order valence-corrected chi connectivity index (χ3v) is 1.32. The SMILES string of the molecule is CCOC(=O)C1=NOC(C#N)C1. The molecule has 0 bridgehead atoms. The largest absolute Gasteiger partial charge is 0.461 e. The van der Waals surface area contributed by atoms with Crippen molar-refractivity contribution in [2.45, 2.75) is 19.4 Å². The number of hydrogen-bond acceptors (Lipinski definition) is 5. The highest BCUT2D eigenvalue weighted by Gasteiger charge is 2.26. The first-order valence-corrected chi connectivity index (χ1v) is 3.57. The highest BCUT2D eigenvalue weighted by molar-refractivity contribution is 6.36. The van der Waals surface area contributed by atoms with Crippen LogP contribution in [0.3, 0.4) is 0 Å². The molecule has 0 radical (unpaired) electrons. The molecule has 0 saturated carbocycles. The van der Waals surface area contributed by atoms with Crippen molar-refractivity contribution in [2.75, 3.05) is 6.61 Å². The molecular weight excluding hydrogens is 160 g/mol. The maximum Gasteiger partial charge on any atom is 0.356 e. The van der Waals surface area contributed by atoms with Crippen LogP contribution in [0.15, 0.2) is 5.16 Å². The summed E-state index contributed by atoms with van der Waals surface area (Å²) in [4.78, 5) is 15.6. The molecule has 1 rings (SSSR count). The fourth-order valence-electron chi connectivity index (χ4n) is 0.782. The number of hydrogen-bond donors (Lipinski definition) is 0. The molecule has 0 aliphatic carbocycles. The molecule has 1 atom stereocenters. The van der Waals surface area contributed by atoms with Crippen LogP contribution in [-0.2, 0) is 14.4 Å². The Hall–Kier alpha value is -1.57. The normalized spacial score (nSPS) is 20.7. The van der Waals surface area contributed by atoms with E-state index in [4.69, 9.17) is 5.26 Å². The molecule has 1 unspecified atom stereocenters. The van der Waals surface area contributed by atoms with Gasteiger partial charge in [-0.2, -0.15) is 5.26 Å². The van der Waals surface area contributed by atoms with E-state index < -0.39 is 12.1 Å². The molecule has 0 aromatic rings. The van der Waals surface area contributed by atoms with Gasteiger partial charge in [-0.1, -0.05) is 5.16 Å². The van der Waals surface area contributed by atoms with Crippen LogP contribution in [0.2, 0.25) is 0 Å². The van der Waals surface area contributed by atoms with E-state index in [1.54, 1.807) is 6.92 Å². The van der Waals surface area contributed by atoms with Gasteiger partial charge in [0, 0.05) is 0 Å². The summed E-state index contributed by atoms with van der Waals surface area (Å²) >= 11 is 0. The van der Waals surface area contributed by atoms with Crippen LogP contribution in [0.4, 0.5) is 0 Å². The van der Waals surface area contributed by atoms with Crippen molar-refractivity contribution in [1.29, 1.82) is 5.26 Å². The third-order valence-electron chi connectivity index (χ3n) is 1.32. The number of ether oxygens (including phenoxy) is 1. The van der Waals surface area contributed by atoms with Gasteiger partial charge in [0.15, 0.2) is 5.71 Å². The second kappa shape index (κ2) is 3.72. The number of esters is 1. The van der Waals surface area contributed by atoms with E-state index in [9.17, 15) is 4.79 Å². The maximum atomic E-state index is 11.0. The monoisotopic (exact) mass is 168 g/mol. The van der Waals surface area contributed by atoms with Crippen molar-refractivity contribution in [3.8, 4) is 6.07 Å². The summed E-state index contributed by atoms with van der Waals surface area (Å²) in [5.74, 6) is -0.504. The molecule has 0 N–H and O–H groups in total. The van der Waals surface area contributed by atoms with Crippen molar-refractivity contribution >= 4 is 11.7 Å². The van der Waals surface area contributed by atoms with Crippen molar-refractivity contribution in [3.05, 3.63) is 0 Å². The van der Waals surface area contributed by atoms with Gasteiger partial charge in [0.05, 0.1) is 13.0 Å². The minimum Gasteiger partial charge on any atom is -0.461 e. The molecule has 0 saturated heterocycles. The Bertz CT molecular complexity index is 254. The van der Waals surface area contributed by atoms with E-state index in [-0.39, 0.29) is 12.1 Å². The summed E-state index contributed by atoms with van der Waals surface area (Å²) in [5, 5.41) is 11.8. The Morgan fingerprint density at radius 2 is 2.75 bits per heavy atom. The lowest BCUT2D eigenvalue weighted by atomic mass is 10.2. The molecule has 1 aliphatic heterocycles. The topological polar surface area (TPSA) is 71.7 Å². The van der Waals surface area contributed by atoms with Crippen molar-refractivity contribution < 1.29 is 14.4 Å². The van der Waals surface area contributed by atoms with Gasteiger partial charge in [0.1, 0.15) is 6.07 Å². The predicted octanol–water partition coefficient (Wildman–Crippen LogP) is 0.218. The Kier molecular flexibility index (Phi) is 2.64. The first-order chi connectivity index (χ1) is 5.77. The van der Waals surface area contributed by atoms with E-state index in [1.807, 2.05) is 6.07 Å². The molecule has 0 aromatic carbocycles. The number of carbonyl (C=O) groups excluding carboxylic acids is 1. The van der Waals surface area contributed by atoms with Crippen LogP contribution < -0.4 is 0 Å². The lowest BCUT2D eigenvalue weighted by molar-refractivity contribution is -0.135. The number of rotatable bonds is 2. The fraction of sp³-hybridized carbons (Fsp3) is 0.571. The molecule has 1 aliphatic rings. The summed E-state index contributed by atoms with van der Waals surface area (Å²) in [6, 6.07) is 1.85. The van der Waals surface area contributed by atoms with Crippen LogP contribution in [0.1, 0.15) is 13.3 Å². The second-order valence-corrected chi connectivity index (χ2v) is 2.19. The minimum atomic E-state index is -0.635. The number of nitriles is 1. The van der Waals surface area contributed by atoms with Crippen LogP contribution >= 0.6 is 0 Å². The quantitative estimate of drug-likeness (QED) is 0.553. The van der Waals surface area contributed by atoms with Crippen LogP contribution in [0, 0.1) is 11.3 Å². The van der Waals surface area contributed by atoms with Gasteiger partial charge in [-0.05, 0) is 6.92 Å². The van der Waals surface area contributed by atoms with Gasteiger partial charge in [-0.3, -0.25) is 0 Å². The zero-order valence-electron chi connectivity index (χ0n) is 6.61. The zero-order chi connectivity index (χ0) is 8.97. The Morgan fingerprint density at radius 1 is 2.00 bits per heavy atom. The van der Waals surface area contributed by atoms with Crippen LogP contribution in [0.25, 0.3) is 0 Å². The summed E-state index contributed by atoms with van der Waals surface area (Å²) in [6.07, 6.45) is -0.417. The molecule has 5 heteroatoms. The van der Waals surface area contributed by atoms with Crippen molar-refractivity contribution in [1.82, 2.24) is 0 Å². The first kappa shape index (κ1) is 8.53. The number of nitrogens with zero attached hydrogens (tertiary/aromatic N) is 2. The van der Waals surface area contributed by atoms with E-state index in [2.05, 4.69) is 14.7 Å². The maximum absolute atomic E-state index is 11.0. The highest BCUT2D eigenvalue weighted by Crippen LogP contribution is 2.09. The Labute approximate surface area is 69.6 Å². The third kappa shape index (κ3) is 1.72. The predicted molar refractivity (Wildman–Crippen MR) is 39.2 cm³/mol. The van der Waals surface area contributed by atoms with Gasteiger partial charge >= 0.3 is 5.97 Å².